The normalized spacial score (nSPS) is 12.2. The zero-order valence-electron chi connectivity index (χ0n) is 11.0. The van der Waals surface area contributed by atoms with Crippen molar-refractivity contribution in [2.45, 2.75) is 26.0 Å². The van der Waals surface area contributed by atoms with Gasteiger partial charge in [-0.25, -0.2) is 0 Å². The first-order valence-electron chi connectivity index (χ1n) is 6.36. The summed E-state index contributed by atoms with van der Waals surface area (Å²) in [5, 5.41) is 0. The first-order valence-corrected chi connectivity index (χ1v) is 7.15. The van der Waals surface area contributed by atoms with Crippen molar-refractivity contribution in [3.05, 3.63) is 64.1 Å². The number of hydrogen-bond acceptors (Lipinski definition) is 2. The summed E-state index contributed by atoms with van der Waals surface area (Å²) in [6.45, 7) is 2.57. The standard InChI is InChI=1S/C16H18BrNO/c1-12(18)10-13-6-8-15(9-7-13)19-11-14-4-2-3-5-16(14)17/h2-9,12H,10-11,18H2,1H3. The van der Waals surface area contributed by atoms with E-state index in [-0.39, 0.29) is 6.04 Å². The van der Waals surface area contributed by atoms with Crippen molar-refractivity contribution < 1.29 is 4.74 Å². The second kappa shape index (κ2) is 6.73. The average molecular weight is 320 g/mol. The fraction of sp³-hybridized carbons (Fsp3) is 0.250. The van der Waals surface area contributed by atoms with Crippen LogP contribution in [-0.2, 0) is 13.0 Å². The van der Waals surface area contributed by atoms with Crippen LogP contribution in [0.5, 0.6) is 5.75 Å². The van der Waals surface area contributed by atoms with Gasteiger partial charge in [0.25, 0.3) is 0 Å². The summed E-state index contributed by atoms with van der Waals surface area (Å²) in [7, 11) is 0. The Bertz CT molecular complexity index is 523. The molecule has 0 spiro atoms. The van der Waals surface area contributed by atoms with Crippen molar-refractivity contribution in [3.63, 3.8) is 0 Å². The molecule has 0 saturated carbocycles. The van der Waals surface area contributed by atoms with E-state index in [1.54, 1.807) is 0 Å². The van der Waals surface area contributed by atoms with Crippen molar-refractivity contribution in [2.75, 3.05) is 0 Å². The van der Waals surface area contributed by atoms with E-state index >= 15 is 0 Å². The molecule has 2 nitrogen and oxygen atoms in total. The smallest absolute Gasteiger partial charge is 0.119 e. The third-order valence-corrected chi connectivity index (χ3v) is 3.61. The fourth-order valence-corrected chi connectivity index (χ4v) is 2.27. The summed E-state index contributed by atoms with van der Waals surface area (Å²) in [5.74, 6) is 0.879. The van der Waals surface area contributed by atoms with Gasteiger partial charge in [-0.1, -0.05) is 46.3 Å². The molecule has 0 bridgehead atoms. The molecule has 2 aromatic carbocycles. The molecule has 2 rings (SSSR count). The number of hydrogen-bond donors (Lipinski definition) is 1. The van der Waals surface area contributed by atoms with Crippen molar-refractivity contribution in [3.8, 4) is 5.75 Å². The molecule has 0 aliphatic carbocycles. The van der Waals surface area contributed by atoms with Gasteiger partial charge < -0.3 is 10.5 Å². The lowest BCUT2D eigenvalue weighted by Crippen LogP contribution is -2.17. The largest absolute Gasteiger partial charge is 0.489 e. The molecule has 2 N–H and O–H groups in total. The number of benzene rings is 2. The van der Waals surface area contributed by atoms with E-state index < -0.39 is 0 Å². The number of ether oxygens (including phenoxy) is 1. The van der Waals surface area contributed by atoms with Crippen LogP contribution in [0.2, 0.25) is 0 Å². The Morgan fingerprint density at radius 2 is 1.79 bits per heavy atom. The van der Waals surface area contributed by atoms with Crippen LogP contribution in [0, 0.1) is 0 Å². The molecule has 0 aromatic heterocycles. The summed E-state index contributed by atoms with van der Waals surface area (Å²) < 4.78 is 6.84. The molecule has 100 valence electrons. The monoisotopic (exact) mass is 319 g/mol. The topological polar surface area (TPSA) is 35.2 Å². The number of halogens is 1. The molecular formula is C16H18BrNO. The van der Waals surface area contributed by atoms with Crippen molar-refractivity contribution >= 4 is 15.9 Å². The van der Waals surface area contributed by atoms with Crippen LogP contribution >= 0.6 is 15.9 Å². The Morgan fingerprint density at radius 1 is 1.11 bits per heavy atom. The minimum atomic E-state index is 0.187. The maximum atomic E-state index is 5.78. The predicted octanol–water partition coefficient (Wildman–Crippen LogP) is 3.92. The van der Waals surface area contributed by atoms with Crippen LogP contribution in [0.15, 0.2) is 53.0 Å². The van der Waals surface area contributed by atoms with Crippen LogP contribution < -0.4 is 10.5 Å². The Balaban J connectivity index is 1.95. The molecule has 2 aromatic rings. The van der Waals surface area contributed by atoms with Crippen molar-refractivity contribution in [1.82, 2.24) is 0 Å². The summed E-state index contributed by atoms with van der Waals surface area (Å²) in [6, 6.07) is 16.4. The van der Waals surface area contributed by atoms with Gasteiger partial charge in [-0.05, 0) is 37.1 Å². The number of rotatable bonds is 5. The zero-order valence-corrected chi connectivity index (χ0v) is 12.6. The highest BCUT2D eigenvalue weighted by atomic mass is 79.9. The fourth-order valence-electron chi connectivity index (χ4n) is 1.87. The van der Waals surface area contributed by atoms with E-state index in [2.05, 4.69) is 34.1 Å². The van der Waals surface area contributed by atoms with Gasteiger partial charge in [0.05, 0.1) is 0 Å². The van der Waals surface area contributed by atoms with Crippen LogP contribution in [0.25, 0.3) is 0 Å². The van der Waals surface area contributed by atoms with Gasteiger partial charge in [-0.15, -0.1) is 0 Å². The van der Waals surface area contributed by atoms with Gasteiger partial charge in [0.1, 0.15) is 12.4 Å². The molecule has 0 radical (unpaired) electrons. The van der Waals surface area contributed by atoms with Gasteiger partial charge >= 0.3 is 0 Å². The van der Waals surface area contributed by atoms with Gasteiger partial charge in [0.2, 0.25) is 0 Å². The minimum absolute atomic E-state index is 0.187. The lowest BCUT2D eigenvalue weighted by atomic mass is 10.1. The Labute approximate surface area is 122 Å². The highest BCUT2D eigenvalue weighted by Crippen LogP contribution is 2.19. The summed E-state index contributed by atoms with van der Waals surface area (Å²) in [5.41, 5.74) is 8.16. The van der Waals surface area contributed by atoms with Crippen LogP contribution in [0.3, 0.4) is 0 Å². The third kappa shape index (κ3) is 4.37. The Kier molecular flexibility index (Phi) is 5.00. The Morgan fingerprint density at radius 3 is 2.42 bits per heavy atom. The maximum Gasteiger partial charge on any atom is 0.119 e. The first kappa shape index (κ1) is 14.1. The van der Waals surface area contributed by atoms with Crippen LogP contribution in [0.1, 0.15) is 18.1 Å². The van der Waals surface area contributed by atoms with E-state index in [9.17, 15) is 0 Å². The molecule has 0 aliphatic rings. The molecule has 0 fully saturated rings. The van der Waals surface area contributed by atoms with Crippen molar-refractivity contribution in [1.29, 1.82) is 0 Å². The SMILES string of the molecule is CC(N)Cc1ccc(OCc2ccccc2Br)cc1. The summed E-state index contributed by atoms with van der Waals surface area (Å²) in [4.78, 5) is 0. The molecule has 1 unspecified atom stereocenters. The van der Waals surface area contributed by atoms with Gasteiger partial charge in [0, 0.05) is 16.1 Å². The molecule has 19 heavy (non-hydrogen) atoms. The van der Waals surface area contributed by atoms with Crippen molar-refractivity contribution in [2.24, 2.45) is 5.73 Å². The lowest BCUT2D eigenvalue weighted by Gasteiger charge is -2.09. The van der Waals surface area contributed by atoms with E-state index in [1.807, 2.05) is 37.3 Å². The van der Waals surface area contributed by atoms with Gasteiger partial charge in [-0.2, -0.15) is 0 Å². The van der Waals surface area contributed by atoms with E-state index in [1.165, 1.54) is 5.56 Å². The van der Waals surface area contributed by atoms with E-state index in [0.29, 0.717) is 6.61 Å². The molecule has 0 heterocycles. The van der Waals surface area contributed by atoms with E-state index in [0.717, 1.165) is 22.2 Å². The summed E-state index contributed by atoms with van der Waals surface area (Å²) in [6.07, 6.45) is 0.893. The average Bonchev–Trinajstić information content (AvgIpc) is 2.39. The third-order valence-electron chi connectivity index (χ3n) is 2.83. The molecule has 3 heteroatoms. The molecular weight excluding hydrogens is 302 g/mol. The second-order valence-electron chi connectivity index (χ2n) is 4.71. The molecule has 0 aliphatic heterocycles. The van der Waals surface area contributed by atoms with E-state index in [4.69, 9.17) is 10.5 Å². The highest BCUT2D eigenvalue weighted by Gasteiger charge is 2.01. The highest BCUT2D eigenvalue weighted by molar-refractivity contribution is 9.10. The van der Waals surface area contributed by atoms with Crippen LogP contribution in [-0.4, -0.2) is 6.04 Å². The second-order valence-corrected chi connectivity index (χ2v) is 5.56. The predicted molar refractivity (Wildman–Crippen MR) is 82.3 cm³/mol. The zero-order chi connectivity index (χ0) is 13.7. The minimum Gasteiger partial charge on any atom is -0.489 e. The Hall–Kier alpha value is -1.32. The van der Waals surface area contributed by atoms with Crippen LogP contribution in [0.4, 0.5) is 0 Å². The maximum absolute atomic E-state index is 5.78. The first-order chi connectivity index (χ1) is 9.15. The number of nitrogens with two attached hydrogens (primary N) is 1. The molecule has 0 amide bonds. The van der Waals surface area contributed by atoms with Gasteiger partial charge in [-0.3, -0.25) is 0 Å². The van der Waals surface area contributed by atoms with Gasteiger partial charge in [0.15, 0.2) is 0 Å². The lowest BCUT2D eigenvalue weighted by molar-refractivity contribution is 0.305. The summed E-state index contributed by atoms with van der Waals surface area (Å²) >= 11 is 3.51. The molecule has 0 saturated heterocycles. The molecule has 1 atom stereocenters. The quantitative estimate of drug-likeness (QED) is 0.906.